The van der Waals surface area contributed by atoms with Gasteiger partial charge in [-0.15, -0.1) is 10.2 Å². The molecule has 162 valence electrons. The fourth-order valence-corrected chi connectivity index (χ4v) is 4.08. The van der Waals surface area contributed by atoms with Crippen LogP contribution >= 0.6 is 0 Å². The third-order valence-electron chi connectivity index (χ3n) is 5.67. The SMILES string of the molecule is O=C(c1nnc(-c2ccc(F)cn2)o1)N1CCc2[nH]cnc2[C@H]1c1cc2ccccc2cn1. The van der Waals surface area contributed by atoms with E-state index in [1.807, 2.05) is 30.3 Å². The predicted octanol–water partition coefficient (Wildman–Crippen LogP) is 3.33. The number of aromatic nitrogens is 6. The molecule has 1 N–H and O–H groups in total. The summed E-state index contributed by atoms with van der Waals surface area (Å²) >= 11 is 0. The summed E-state index contributed by atoms with van der Waals surface area (Å²) in [5.74, 6) is -1.06. The van der Waals surface area contributed by atoms with Crippen molar-refractivity contribution < 1.29 is 13.6 Å². The molecule has 0 saturated carbocycles. The van der Waals surface area contributed by atoms with Crippen LogP contribution in [0.3, 0.4) is 0 Å². The first-order valence-corrected chi connectivity index (χ1v) is 10.3. The van der Waals surface area contributed by atoms with Crippen LogP contribution < -0.4 is 0 Å². The summed E-state index contributed by atoms with van der Waals surface area (Å²) in [5.41, 5.74) is 2.66. The number of nitrogens with zero attached hydrogens (tertiary/aromatic N) is 6. The first-order valence-electron chi connectivity index (χ1n) is 10.3. The summed E-state index contributed by atoms with van der Waals surface area (Å²) in [6.45, 7) is 0.416. The Bertz CT molecular complexity index is 1480. The second kappa shape index (κ2) is 7.59. The summed E-state index contributed by atoms with van der Waals surface area (Å²) < 4.78 is 18.8. The normalized spacial score (nSPS) is 15.5. The lowest BCUT2D eigenvalue weighted by molar-refractivity contribution is 0.0647. The highest BCUT2D eigenvalue weighted by atomic mass is 19.1. The Kier molecular flexibility index (Phi) is 4.42. The number of carbonyl (C=O) groups excluding carboxylic acids is 1. The van der Waals surface area contributed by atoms with Crippen LogP contribution in [0.25, 0.3) is 22.4 Å². The predicted molar refractivity (Wildman–Crippen MR) is 114 cm³/mol. The zero-order chi connectivity index (χ0) is 22.4. The zero-order valence-electron chi connectivity index (χ0n) is 17.1. The molecule has 10 heteroatoms. The van der Waals surface area contributed by atoms with Gasteiger partial charge in [-0.25, -0.2) is 14.4 Å². The summed E-state index contributed by atoms with van der Waals surface area (Å²) in [6, 6.07) is 12.0. The number of fused-ring (bicyclic) bond motifs is 2. The number of pyridine rings is 2. The van der Waals surface area contributed by atoms with Gasteiger partial charge in [0.15, 0.2) is 0 Å². The Morgan fingerprint density at radius 3 is 2.79 bits per heavy atom. The van der Waals surface area contributed by atoms with Crippen LogP contribution in [0.2, 0.25) is 0 Å². The molecule has 0 fully saturated rings. The number of carbonyl (C=O) groups is 1. The number of hydrogen-bond acceptors (Lipinski definition) is 7. The Morgan fingerprint density at radius 1 is 1.06 bits per heavy atom. The number of nitrogens with one attached hydrogen (secondary N) is 1. The lowest BCUT2D eigenvalue weighted by atomic mass is 9.98. The van der Waals surface area contributed by atoms with Crippen molar-refractivity contribution in [1.82, 2.24) is 35.0 Å². The molecule has 9 nitrogen and oxygen atoms in total. The first-order chi connectivity index (χ1) is 16.2. The summed E-state index contributed by atoms with van der Waals surface area (Å²) in [6.07, 6.45) is 5.06. The van der Waals surface area contributed by atoms with Gasteiger partial charge < -0.3 is 14.3 Å². The third kappa shape index (κ3) is 3.32. The van der Waals surface area contributed by atoms with Gasteiger partial charge in [0.05, 0.1) is 23.9 Å². The molecule has 0 aliphatic carbocycles. The maximum absolute atomic E-state index is 13.5. The molecular formula is C23H16FN7O2. The number of benzene rings is 1. The number of amides is 1. The van der Waals surface area contributed by atoms with Crippen LogP contribution in [0.15, 0.2) is 65.6 Å². The average Bonchev–Trinajstić information content (AvgIpc) is 3.53. The van der Waals surface area contributed by atoms with E-state index < -0.39 is 17.8 Å². The van der Waals surface area contributed by atoms with Crippen molar-refractivity contribution in [2.24, 2.45) is 0 Å². The van der Waals surface area contributed by atoms with E-state index in [-0.39, 0.29) is 17.5 Å². The maximum Gasteiger partial charge on any atom is 0.312 e. The van der Waals surface area contributed by atoms with Crippen LogP contribution in [-0.4, -0.2) is 47.5 Å². The van der Waals surface area contributed by atoms with Crippen LogP contribution in [0.1, 0.15) is 33.8 Å². The first kappa shape index (κ1) is 19.2. The molecule has 0 radical (unpaired) electrons. The van der Waals surface area contributed by atoms with Crippen LogP contribution in [0, 0.1) is 5.82 Å². The standard InChI is InChI=1S/C23H16FN7O2/c24-15-5-6-17(26-11-15)21-29-30-22(33-21)23(32)31-8-7-16-19(28-12-27-16)20(31)18-9-13-3-1-2-4-14(13)10-25-18/h1-6,9-12,20H,7-8H2,(H,27,28)/t20-/m1/s1. The highest BCUT2D eigenvalue weighted by Crippen LogP contribution is 2.34. The molecular weight excluding hydrogens is 425 g/mol. The Balaban J connectivity index is 1.39. The second-order valence-corrected chi connectivity index (χ2v) is 7.65. The lowest BCUT2D eigenvalue weighted by Crippen LogP contribution is -2.41. The minimum Gasteiger partial charge on any atom is -0.411 e. The topological polar surface area (TPSA) is 114 Å². The third-order valence-corrected chi connectivity index (χ3v) is 5.67. The largest absolute Gasteiger partial charge is 0.411 e. The zero-order valence-corrected chi connectivity index (χ0v) is 17.1. The Hall–Kier alpha value is -4.47. The van der Waals surface area contributed by atoms with Crippen molar-refractivity contribution in [2.75, 3.05) is 6.54 Å². The molecule has 5 heterocycles. The Morgan fingerprint density at radius 2 is 1.94 bits per heavy atom. The molecule has 0 spiro atoms. The van der Waals surface area contributed by atoms with Gasteiger partial charge in [0.1, 0.15) is 17.6 Å². The molecule has 1 amide bonds. The van der Waals surface area contributed by atoms with Crippen molar-refractivity contribution in [3.05, 3.63) is 90.0 Å². The van der Waals surface area contributed by atoms with E-state index in [9.17, 15) is 9.18 Å². The molecule has 1 aliphatic heterocycles. The lowest BCUT2D eigenvalue weighted by Gasteiger charge is -2.33. The van der Waals surface area contributed by atoms with Crippen LogP contribution in [0.5, 0.6) is 0 Å². The van der Waals surface area contributed by atoms with Gasteiger partial charge in [0.2, 0.25) is 0 Å². The van der Waals surface area contributed by atoms with Crippen LogP contribution in [-0.2, 0) is 6.42 Å². The van der Waals surface area contributed by atoms with E-state index >= 15 is 0 Å². The van der Waals surface area contributed by atoms with E-state index in [4.69, 9.17) is 4.42 Å². The monoisotopic (exact) mass is 441 g/mol. The second-order valence-electron chi connectivity index (χ2n) is 7.65. The minimum atomic E-state index is -0.517. The van der Waals surface area contributed by atoms with E-state index in [1.165, 1.54) is 12.1 Å². The van der Waals surface area contributed by atoms with E-state index in [0.29, 0.717) is 18.7 Å². The van der Waals surface area contributed by atoms with Crippen molar-refractivity contribution in [2.45, 2.75) is 12.5 Å². The van der Waals surface area contributed by atoms with E-state index in [0.717, 1.165) is 28.4 Å². The van der Waals surface area contributed by atoms with Gasteiger partial charge in [-0.1, -0.05) is 24.3 Å². The van der Waals surface area contributed by atoms with Crippen LogP contribution in [0.4, 0.5) is 4.39 Å². The van der Waals surface area contributed by atoms with Gasteiger partial charge in [-0.05, 0) is 23.6 Å². The summed E-state index contributed by atoms with van der Waals surface area (Å²) in [5, 5.41) is 9.86. The molecule has 1 atom stereocenters. The average molecular weight is 441 g/mol. The molecule has 33 heavy (non-hydrogen) atoms. The number of imidazole rings is 1. The Labute approximate surface area is 186 Å². The number of hydrogen-bond donors (Lipinski definition) is 1. The van der Waals surface area contributed by atoms with Gasteiger partial charge >= 0.3 is 11.8 Å². The highest BCUT2D eigenvalue weighted by Gasteiger charge is 2.37. The highest BCUT2D eigenvalue weighted by molar-refractivity contribution is 5.90. The molecule has 1 aliphatic rings. The minimum absolute atomic E-state index is 0.0381. The summed E-state index contributed by atoms with van der Waals surface area (Å²) in [4.78, 5) is 31.3. The van der Waals surface area contributed by atoms with E-state index in [1.54, 1.807) is 17.4 Å². The number of aromatic amines is 1. The van der Waals surface area contributed by atoms with E-state index in [2.05, 4.69) is 30.1 Å². The van der Waals surface area contributed by atoms with Crippen molar-refractivity contribution in [3.63, 3.8) is 0 Å². The van der Waals surface area contributed by atoms with Gasteiger partial charge in [-0.3, -0.25) is 9.78 Å². The van der Waals surface area contributed by atoms with Gasteiger partial charge in [-0.2, -0.15) is 0 Å². The maximum atomic E-state index is 13.5. The molecule has 6 rings (SSSR count). The van der Waals surface area contributed by atoms with Gasteiger partial charge in [0, 0.05) is 30.2 Å². The van der Waals surface area contributed by atoms with Crippen molar-refractivity contribution >= 4 is 16.7 Å². The van der Waals surface area contributed by atoms with Gasteiger partial charge in [0.25, 0.3) is 5.89 Å². The number of rotatable bonds is 3. The quantitative estimate of drug-likeness (QED) is 0.457. The molecule has 0 saturated heterocycles. The molecule has 1 aromatic carbocycles. The fraction of sp³-hybridized carbons (Fsp3) is 0.130. The smallest absolute Gasteiger partial charge is 0.312 e. The molecule has 0 bridgehead atoms. The molecule has 5 aromatic rings. The number of H-pyrrole nitrogens is 1. The van der Waals surface area contributed by atoms with Crippen molar-refractivity contribution in [1.29, 1.82) is 0 Å². The summed E-state index contributed by atoms with van der Waals surface area (Å²) in [7, 11) is 0. The molecule has 0 unspecified atom stereocenters. The molecule has 4 aromatic heterocycles. The number of halogens is 1. The van der Waals surface area contributed by atoms with Crippen molar-refractivity contribution in [3.8, 4) is 11.6 Å². The fourth-order valence-electron chi connectivity index (χ4n) is 4.08.